The van der Waals surface area contributed by atoms with Crippen molar-refractivity contribution < 1.29 is 23.1 Å². The van der Waals surface area contributed by atoms with Crippen molar-refractivity contribution in [3.8, 4) is 0 Å². The summed E-state index contributed by atoms with van der Waals surface area (Å²) in [5, 5.41) is 2.46. The van der Waals surface area contributed by atoms with Gasteiger partial charge in [-0.05, 0) is 43.3 Å². The molecular weight excluding hydrogens is 292 g/mol. The zero-order valence-electron chi connectivity index (χ0n) is 11.7. The number of ether oxygens (including phenoxy) is 1. The Bertz CT molecular complexity index is 686. The smallest absolute Gasteiger partial charge is 0.341 e. The standard InChI is InChI=1S/C16H13F2NO3/c1-10(15(20)19-12-8-6-11(17)7-9-12)22-16(21)13-4-2-3-5-14(13)18/h2-10H,1H3,(H,19,20). The van der Waals surface area contributed by atoms with Gasteiger partial charge < -0.3 is 10.1 Å². The molecule has 0 saturated carbocycles. The van der Waals surface area contributed by atoms with Gasteiger partial charge in [0.1, 0.15) is 11.6 Å². The van der Waals surface area contributed by atoms with Gasteiger partial charge in [0.25, 0.3) is 5.91 Å². The molecule has 0 spiro atoms. The van der Waals surface area contributed by atoms with E-state index in [2.05, 4.69) is 5.32 Å². The number of anilines is 1. The molecule has 1 amide bonds. The molecule has 0 saturated heterocycles. The lowest BCUT2D eigenvalue weighted by Crippen LogP contribution is -2.30. The Kier molecular flexibility index (Phi) is 4.83. The first-order valence-electron chi connectivity index (χ1n) is 6.49. The van der Waals surface area contributed by atoms with Gasteiger partial charge in [0, 0.05) is 5.69 Å². The molecule has 0 aliphatic heterocycles. The number of rotatable bonds is 4. The molecule has 2 aromatic rings. The summed E-state index contributed by atoms with van der Waals surface area (Å²) in [6, 6.07) is 10.4. The summed E-state index contributed by atoms with van der Waals surface area (Å²) in [7, 11) is 0. The largest absolute Gasteiger partial charge is 0.449 e. The Labute approximate surface area is 125 Å². The second-order valence-electron chi connectivity index (χ2n) is 4.52. The van der Waals surface area contributed by atoms with E-state index in [0.717, 1.165) is 6.07 Å². The van der Waals surface area contributed by atoms with E-state index in [9.17, 15) is 18.4 Å². The lowest BCUT2D eigenvalue weighted by atomic mass is 10.2. The van der Waals surface area contributed by atoms with E-state index in [1.54, 1.807) is 0 Å². The molecule has 2 aromatic carbocycles. The number of benzene rings is 2. The number of carbonyl (C=O) groups excluding carboxylic acids is 2. The van der Waals surface area contributed by atoms with Crippen molar-refractivity contribution in [2.24, 2.45) is 0 Å². The van der Waals surface area contributed by atoms with Crippen molar-refractivity contribution in [2.45, 2.75) is 13.0 Å². The van der Waals surface area contributed by atoms with Crippen LogP contribution < -0.4 is 5.32 Å². The van der Waals surface area contributed by atoms with E-state index in [4.69, 9.17) is 4.74 Å². The van der Waals surface area contributed by atoms with Crippen LogP contribution in [0.15, 0.2) is 48.5 Å². The number of amides is 1. The van der Waals surface area contributed by atoms with Gasteiger partial charge in [0.05, 0.1) is 5.56 Å². The number of nitrogens with one attached hydrogen (secondary N) is 1. The number of carbonyl (C=O) groups is 2. The highest BCUT2D eigenvalue weighted by atomic mass is 19.1. The Morgan fingerprint density at radius 3 is 2.32 bits per heavy atom. The number of hydrogen-bond acceptors (Lipinski definition) is 3. The summed E-state index contributed by atoms with van der Waals surface area (Å²) in [4.78, 5) is 23.7. The fraction of sp³-hybridized carbons (Fsp3) is 0.125. The van der Waals surface area contributed by atoms with Gasteiger partial charge >= 0.3 is 5.97 Å². The highest BCUT2D eigenvalue weighted by Crippen LogP contribution is 2.12. The van der Waals surface area contributed by atoms with E-state index in [-0.39, 0.29) is 5.56 Å². The molecule has 0 aromatic heterocycles. The van der Waals surface area contributed by atoms with Crippen molar-refractivity contribution in [1.82, 2.24) is 0 Å². The number of halogens is 2. The van der Waals surface area contributed by atoms with Crippen molar-refractivity contribution in [3.05, 3.63) is 65.7 Å². The fourth-order valence-electron chi connectivity index (χ4n) is 1.68. The van der Waals surface area contributed by atoms with Crippen LogP contribution in [0.25, 0.3) is 0 Å². The number of hydrogen-bond donors (Lipinski definition) is 1. The van der Waals surface area contributed by atoms with E-state index in [0.29, 0.717) is 5.69 Å². The number of esters is 1. The monoisotopic (exact) mass is 305 g/mol. The van der Waals surface area contributed by atoms with Crippen LogP contribution in [0, 0.1) is 11.6 Å². The zero-order valence-corrected chi connectivity index (χ0v) is 11.7. The molecule has 0 aliphatic rings. The van der Waals surface area contributed by atoms with Crippen LogP contribution in [-0.2, 0) is 9.53 Å². The molecule has 0 fully saturated rings. The SMILES string of the molecule is CC(OC(=O)c1ccccc1F)C(=O)Nc1ccc(F)cc1. The normalized spacial score (nSPS) is 11.6. The minimum Gasteiger partial charge on any atom is -0.449 e. The maximum absolute atomic E-state index is 13.4. The minimum atomic E-state index is -1.13. The zero-order chi connectivity index (χ0) is 16.1. The first-order chi connectivity index (χ1) is 10.5. The van der Waals surface area contributed by atoms with Gasteiger partial charge in [-0.3, -0.25) is 4.79 Å². The summed E-state index contributed by atoms with van der Waals surface area (Å²) in [5.74, 6) is -2.69. The topological polar surface area (TPSA) is 55.4 Å². The van der Waals surface area contributed by atoms with Gasteiger partial charge in [-0.25, -0.2) is 13.6 Å². The van der Waals surface area contributed by atoms with Gasteiger partial charge in [-0.1, -0.05) is 12.1 Å². The lowest BCUT2D eigenvalue weighted by molar-refractivity contribution is -0.123. The average molecular weight is 305 g/mol. The van der Waals surface area contributed by atoms with Crippen LogP contribution >= 0.6 is 0 Å². The highest BCUT2D eigenvalue weighted by Gasteiger charge is 2.20. The molecule has 6 heteroatoms. The molecule has 0 bridgehead atoms. The first-order valence-corrected chi connectivity index (χ1v) is 6.49. The maximum atomic E-state index is 13.4. The van der Waals surface area contributed by atoms with E-state index < -0.39 is 29.6 Å². The van der Waals surface area contributed by atoms with Crippen LogP contribution in [0.1, 0.15) is 17.3 Å². The van der Waals surface area contributed by atoms with Gasteiger partial charge in [0.15, 0.2) is 6.10 Å². The molecule has 1 N–H and O–H groups in total. The molecule has 22 heavy (non-hydrogen) atoms. The second kappa shape index (κ2) is 6.80. The molecule has 4 nitrogen and oxygen atoms in total. The van der Waals surface area contributed by atoms with Crippen LogP contribution in [0.3, 0.4) is 0 Å². The Morgan fingerprint density at radius 2 is 1.68 bits per heavy atom. The molecule has 1 atom stereocenters. The Balaban J connectivity index is 1.98. The quantitative estimate of drug-likeness (QED) is 0.883. The first kappa shape index (κ1) is 15.6. The Hall–Kier alpha value is -2.76. The molecule has 2 rings (SSSR count). The predicted molar refractivity (Wildman–Crippen MR) is 76.3 cm³/mol. The summed E-state index contributed by atoms with van der Waals surface area (Å²) >= 11 is 0. The molecule has 0 aliphatic carbocycles. The van der Waals surface area contributed by atoms with Crippen molar-refractivity contribution in [3.63, 3.8) is 0 Å². The van der Waals surface area contributed by atoms with Crippen LogP contribution in [0.2, 0.25) is 0 Å². The molecule has 1 unspecified atom stereocenters. The van der Waals surface area contributed by atoms with E-state index in [1.165, 1.54) is 49.4 Å². The third-order valence-corrected chi connectivity index (χ3v) is 2.86. The van der Waals surface area contributed by atoms with Crippen LogP contribution in [0.4, 0.5) is 14.5 Å². The third-order valence-electron chi connectivity index (χ3n) is 2.86. The maximum Gasteiger partial charge on any atom is 0.341 e. The third kappa shape index (κ3) is 3.88. The summed E-state index contributed by atoms with van der Waals surface area (Å²) in [6.07, 6.45) is -1.13. The fourth-order valence-corrected chi connectivity index (χ4v) is 1.68. The highest BCUT2D eigenvalue weighted by molar-refractivity contribution is 5.97. The average Bonchev–Trinajstić information content (AvgIpc) is 2.49. The van der Waals surface area contributed by atoms with E-state index >= 15 is 0 Å². The van der Waals surface area contributed by atoms with Crippen molar-refractivity contribution >= 4 is 17.6 Å². The molecular formula is C16H13F2NO3. The second-order valence-corrected chi connectivity index (χ2v) is 4.52. The summed E-state index contributed by atoms with van der Waals surface area (Å²) in [5.41, 5.74) is 0.115. The van der Waals surface area contributed by atoms with Gasteiger partial charge in [-0.15, -0.1) is 0 Å². The summed E-state index contributed by atoms with van der Waals surface area (Å²) in [6.45, 7) is 1.36. The minimum absolute atomic E-state index is 0.246. The molecule has 0 heterocycles. The van der Waals surface area contributed by atoms with Gasteiger partial charge in [-0.2, -0.15) is 0 Å². The Morgan fingerprint density at radius 1 is 1.05 bits per heavy atom. The molecule has 114 valence electrons. The van der Waals surface area contributed by atoms with Crippen molar-refractivity contribution in [1.29, 1.82) is 0 Å². The summed E-state index contributed by atoms with van der Waals surface area (Å²) < 4.78 is 31.1. The lowest BCUT2D eigenvalue weighted by Gasteiger charge is -2.13. The van der Waals surface area contributed by atoms with Crippen molar-refractivity contribution in [2.75, 3.05) is 5.32 Å². The van der Waals surface area contributed by atoms with Crippen LogP contribution in [0.5, 0.6) is 0 Å². The van der Waals surface area contributed by atoms with Gasteiger partial charge in [0.2, 0.25) is 0 Å². The van der Waals surface area contributed by atoms with Crippen LogP contribution in [-0.4, -0.2) is 18.0 Å². The predicted octanol–water partition coefficient (Wildman–Crippen LogP) is 3.15. The van der Waals surface area contributed by atoms with E-state index in [1.807, 2.05) is 0 Å². The molecule has 0 radical (unpaired) electrons.